The first-order valence-corrected chi connectivity index (χ1v) is 7.69. The number of hydrogen-bond acceptors (Lipinski definition) is 4. The fourth-order valence-electron chi connectivity index (χ4n) is 1.75. The maximum atomic E-state index is 13.3. The van der Waals surface area contributed by atoms with Gasteiger partial charge in [0.25, 0.3) is 0 Å². The third kappa shape index (κ3) is 4.58. The summed E-state index contributed by atoms with van der Waals surface area (Å²) in [5.41, 5.74) is 1.06. The lowest BCUT2D eigenvalue weighted by atomic mass is 10.3. The maximum Gasteiger partial charge on any atom is 0.165 e. The van der Waals surface area contributed by atoms with Crippen molar-refractivity contribution in [3.63, 3.8) is 0 Å². The van der Waals surface area contributed by atoms with Crippen molar-refractivity contribution < 1.29 is 9.13 Å². The van der Waals surface area contributed by atoms with Crippen LogP contribution in [0.4, 0.5) is 4.39 Å². The molecule has 0 unspecified atom stereocenters. The Kier molecular flexibility index (Phi) is 5.95. The largest absolute Gasteiger partial charge is 0.490 e. The Hall–Kier alpha value is -1.46. The minimum atomic E-state index is -0.323. The minimum Gasteiger partial charge on any atom is -0.490 e. The smallest absolute Gasteiger partial charge is 0.165 e. The molecule has 0 spiro atoms. The molecule has 0 aliphatic carbocycles. The van der Waals surface area contributed by atoms with Gasteiger partial charge in [0.05, 0.1) is 17.3 Å². The van der Waals surface area contributed by atoms with E-state index >= 15 is 0 Å². The summed E-state index contributed by atoms with van der Waals surface area (Å²) in [4.78, 5) is 4.52. The molecule has 0 radical (unpaired) electrons. The van der Waals surface area contributed by atoms with E-state index in [0.29, 0.717) is 18.8 Å². The zero-order chi connectivity index (χ0) is 14.2. The van der Waals surface area contributed by atoms with Crippen LogP contribution < -0.4 is 10.1 Å². The van der Waals surface area contributed by atoms with Gasteiger partial charge < -0.3 is 10.1 Å². The summed E-state index contributed by atoms with van der Waals surface area (Å²) in [6, 6.07) is 6.45. The van der Waals surface area contributed by atoms with Gasteiger partial charge in [-0.1, -0.05) is 19.1 Å². The fraction of sp³-hybridized carbons (Fsp3) is 0.400. The molecule has 20 heavy (non-hydrogen) atoms. The predicted octanol–water partition coefficient (Wildman–Crippen LogP) is 3.40. The Morgan fingerprint density at radius 2 is 2.20 bits per heavy atom. The standard InChI is InChI=1S/C15H19FN2OS/c1-2-8-17-10-12-11-20-15(18-12)7-9-19-14-6-4-3-5-13(14)16/h3-6,11,17H,2,7-10H2,1H3. The van der Waals surface area contributed by atoms with Crippen LogP contribution in [0.5, 0.6) is 5.75 Å². The van der Waals surface area contributed by atoms with E-state index in [2.05, 4.69) is 22.6 Å². The Morgan fingerprint density at radius 1 is 1.35 bits per heavy atom. The molecule has 0 aliphatic heterocycles. The molecule has 2 aromatic rings. The molecule has 0 atom stereocenters. The van der Waals surface area contributed by atoms with Crippen molar-refractivity contribution in [2.24, 2.45) is 0 Å². The summed E-state index contributed by atoms with van der Waals surface area (Å²) < 4.78 is 18.8. The Bertz CT molecular complexity index is 530. The second kappa shape index (κ2) is 7.97. The highest BCUT2D eigenvalue weighted by Crippen LogP contribution is 2.16. The highest BCUT2D eigenvalue weighted by molar-refractivity contribution is 7.09. The van der Waals surface area contributed by atoms with Gasteiger partial charge in [-0.05, 0) is 25.1 Å². The number of benzene rings is 1. The van der Waals surface area contributed by atoms with Crippen molar-refractivity contribution in [3.05, 3.63) is 46.2 Å². The van der Waals surface area contributed by atoms with Crippen molar-refractivity contribution >= 4 is 11.3 Å². The Labute approximate surface area is 122 Å². The Morgan fingerprint density at radius 3 is 3.00 bits per heavy atom. The van der Waals surface area contributed by atoms with Gasteiger partial charge >= 0.3 is 0 Å². The number of para-hydroxylation sites is 1. The molecule has 0 bridgehead atoms. The average Bonchev–Trinajstić information content (AvgIpc) is 2.89. The summed E-state index contributed by atoms with van der Waals surface area (Å²) in [7, 11) is 0. The van der Waals surface area contributed by atoms with E-state index in [0.717, 1.165) is 30.2 Å². The van der Waals surface area contributed by atoms with Crippen LogP contribution in [0.2, 0.25) is 0 Å². The first-order valence-electron chi connectivity index (χ1n) is 6.81. The molecule has 1 N–H and O–H groups in total. The number of thiazole rings is 1. The first kappa shape index (κ1) is 14.9. The normalized spacial score (nSPS) is 10.7. The minimum absolute atomic E-state index is 0.300. The molecule has 0 saturated carbocycles. The summed E-state index contributed by atoms with van der Waals surface area (Å²) in [5.74, 6) is -0.0232. The maximum absolute atomic E-state index is 13.3. The van der Waals surface area contributed by atoms with E-state index in [4.69, 9.17) is 4.74 Å². The van der Waals surface area contributed by atoms with Gasteiger partial charge in [0.1, 0.15) is 0 Å². The summed E-state index contributed by atoms with van der Waals surface area (Å²) >= 11 is 1.62. The van der Waals surface area contributed by atoms with Gasteiger partial charge in [-0.15, -0.1) is 11.3 Å². The average molecular weight is 294 g/mol. The highest BCUT2D eigenvalue weighted by atomic mass is 32.1. The third-order valence-electron chi connectivity index (χ3n) is 2.74. The third-order valence-corrected chi connectivity index (χ3v) is 3.70. The number of nitrogens with one attached hydrogen (secondary N) is 1. The number of halogens is 1. The zero-order valence-corrected chi connectivity index (χ0v) is 12.4. The lowest BCUT2D eigenvalue weighted by molar-refractivity contribution is 0.305. The lowest BCUT2D eigenvalue weighted by Gasteiger charge is -2.05. The molecule has 3 nitrogen and oxygen atoms in total. The fourth-order valence-corrected chi connectivity index (χ4v) is 2.53. The van der Waals surface area contributed by atoms with Gasteiger partial charge in [-0.3, -0.25) is 0 Å². The van der Waals surface area contributed by atoms with Crippen molar-refractivity contribution in [2.45, 2.75) is 26.3 Å². The molecule has 5 heteroatoms. The monoisotopic (exact) mass is 294 g/mol. The molecular formula is C15H19FN2OS. The Balaban J connectivity index is 1.75. The quantitative estimate of drug-likeness (QED) is 0.758. The van der Waals surface area contributed by atoms with Crippen LogP contribution >= 0.6 is 11.3 Å². The summed E-state index contributed by atoms with van der Waals surface area (Å²) in [5, 5.41) is 6.40. The van der Waals surface area contributed by atoms with Crippen LogP contribution in [0.3, 0.4) is 0 Å². The van der Waals surface area contributed by atoms with Gasteiger partial charge in [0, 0.05) is 18.3 Å². The van der Waals surface area contributed by atoms with E-state index < -0.39 is 0 Å². The number of aromatic nitrogens is 1. The topological polar surface area (TPSA) is 34.1 Å². The van der Waals surface area contributed by atoms with Crippen LogP contribution in [0, 0.1) is 5.82 Å². The first-order chi connectivity index (χ1) is 9.79. The number of rotatable bonds is 8. The molecule has 1 aromatic heterocycles. The van der Waals surface area contributed by atoms with Crippen LogP contribution in [-0.2, 0) is 13.0 Å². The molecular weight excluding hydrogens is 275 g/mol. The van der Waals surface area contributed by atoms with E-state index in [1.54, 1.807) is 29.5 Å². The molecule has 2 rings (SSSR count). The molecule has 108 valence electrons. The summed E-state index contributed by atoms with van der Waals surface area (Å²) in [6.07, 6.45) is 1.82. The van der Waals surface area contributed by atoms with E-state index in [1.165, 1.54) is 6.07 Å². The molecule has 0 amide bonds. The van der Waals surface area contributed by atoms with Crippen LogP contribution in [0.15, 0.2) is 29.6 Å². The van der Waals surface area contributed by atoms with Crippen molar-refractivity contribution in [1.29, 1.82) is 0 Å². The SMILES string of the molecule is CCCNCc1csc(CCOc2ccccc2F)n1. The molecule has 1 aromatic carbocycles. The van der Waals surface area contributed by atoms with E-state index in [1.807, 2.05) is 0 Å². The van der Waals surface area contributed by atoms with Crippen molar-refractivity contribution in [3.8, 4) is 5.75 Å². The van der Waals surface area contributed by atoms with E-state index in [-0.39, 0.29) is 5.82 Å². The van der Waals surface area contributed by atoms with Gasteiger partial charge in [-0.2, -0.15) is 0 Å². The van der Waals surface area contributed by atoms with E-state index in [9.17, 15) is 4.39 Å². The van der Waals surface area contributed by atoms with Crippen LogP contribution in [0.25, 0.3) is 0 Å². The van der Waals surface area contributed by atoms with Crippen molar-refractivity contribution in [1.82, 2.24) is 10.3 Å². The molecule has 0 aliphatic rings. The molecule has 0 fully saturated rings. The van der Waals surface area contributed by atoms with Crippen LogP contribution in [-0.4, -0.2) is 18.1 Å². The predicted molar refractivity (Wildman–Crippen MR) is 79.7 cm³/mol. The lowest BCUT2D eigenvalue weighted by Crippen LogP contribution is -2.14. The second-order valence-electron chi connectivity index (χ2n) is 4.44. The number of hydrogen-bond donors (Lipinski definition) is 1. The number of ether oxygens (including phenoxy) is 1. The zero-order valence-electron chi connectivity index (χ0n) is 11.6. The van der Waals surface area contributed by atoms with Gasteiger partial charge in [-0.25, -0.2) is 9.37 Å². The molecule has 0 saturated heterocycles. The van der Waals surface area contributed by atoms with Gasteiger partial charge in [0.2, 0.25) is 0 Å². The van der Waals surface area contributed by atoms with Gasteiger partial charge in [0.15, 0.2) is 11.6 Å². The highest BCUT2D eigenvalue weighted by Gasteiger charge is 2.04. The molecule has 1 heterocycles. The van der Waals surface area contributed by atoms with Crippen molar-refractivity contribution in [2.75, 3.05) is 13.2 Å². The van der Waals surface area contributed by atoms with Crippen LogP contribution in [0.1, 0.15) is 24.0 Å². The number of nitrogens with zero attached hydrogens (tertiary/aromatic N) is 1. The second-order valence-corrected chi connectivity index (χ2v) is 5.38. The summed E-state index contributed by atoms with van der Waals surface area (Å²) in [6.45, 7) is 4.39.